The summed E-state index contributed by atoms with van der Waals surface area (Å²) in [6, 6.07) is 1.83. The van der Waals surface area contributed by atoms with Crippen molar-refractivity contribution in [2.75, 3.05) is 0 Å². The molecule has 1 aromatic heterocycles. The fourth-order valence-corrected chi connectivity index (χ4v) is 1.65. The minimum absolute atomic E-state index is 0.401. The first-order valence-corrected chi connectivity index (χ1v) is 5.82. The molecule has 1 heterocycles. The Hall–Kier alpha value is -0.860. The largest absolute Gasteiger partial charge is 0.264 e. The molecule has 1 rings (SSSR count). The van der Waals surface area contributed by atoms with Crippen molar-refractivity contribution in [1.82, 2.24) is 4.98 Å². The Bertz CT molecular complexity index is 436. The maximum Gasteiger partial charge on any atom is 0.138 e. The predicted octanol–water partition coefficient (Wildman–Crippen LogP) is 4.26. The second kappa shape index (κ2) is 6.02. The highest BCUT2D eigenvalue weighted by molar-refractivity contribution is 6.70. The van der Waals surface area contributed by atoms with Gasteiger partial charge in [-0.1, -0.05) is 30.1 Å². The maximum absolute atomic E-state index is 6.11. The summed E-state index contributed by atoms with van der Waals surface area (Å²) in [6.07, 6.45) is 4.30. The Kier molecular flexibility index (Phi) is 4.97. The fraction of sp³-hybridized carbons (Fsp3) is 0.333. The van der Waals surface area contributed by atoms with E-state index in [-0.39, 0.29) is 0 Å². The molecule has 0 atom stereocenters. The first-order chi connectivity index (χ1) is 7.56. The van der Waals surface area contributed by atoms with E-state index in [2.05, 4.69) is 9.98 Å². The van der Waals surface area contributed by atoms with Crippen LogP contribution in [0.2, 0.25) is 0 Å². The molecule has 0 N–H and O–H groups in total. The number of hydrogen-bond donors (Lipinski definition) is 0. The van der Waals surface area contributed by atoms with Crippen molar-refractivity contribution in [3.05, 3.63) is 40.3 Å². The lowest BCUT2D eigenvalue weighted by atomic mass is 10.2. The normalized spacial score (nSPS) is 13.7. The van der Waals surface area contributed by atoms with Gasteiger partial charge in [0.05, 0.1) is 0 Å². The number of halogens is 2. The van der Waals surface area contributed by atoms with Crippen LogP contribution in [0.3, 0.4) is 0 Å². The zero-order chi connectivity index (χ0) is 12.1. The van der Waals surface area contributed by atoms with Gasteiger partial charge in [0.2, 0.25) is 0 Å². The van der Waals surface area contributed by atoms with Gasteiger partial charge in [0.15, 0.2) is 0 Å². The maximum atomic E-state index is 6.11. The summed E-state index contributed by atoms with van der Waals surface area (Å²) in [7, 11) is 0. The molecular weight excluding hydrogens is 243 g/mol. The van der Waals surface area contributed by atoms with E-state index in [0.29, 0.717) is 10.3 Å². The van der Waals surface area contributed by atoms with Crippen LogP contribution in [0.15, 0.2) is 34.2 Å². The minimum Gasteiger partial charge on any atom is -0.264 e. The molecule has 0 aromatic carbocycles. The smallest absolute Gasteiger partial charge is 0.138 e. The molecule has 2 nitrogen and oxygen atoms in total. The van der Waals surface area contributed by atoms with Gasteiger partial charge in [-0.25, -0.2) is 4.99 Å². The zero-order valence-electron chi connectivity index (χ0n) is 9.59. The van der Waals surface area contributed by atoms with Crippen molar-refractivity contribution in [3.8, 4) is 0 Å². The van der Waals surface area contributed by atoms with Crippen molar-refractivity contribution in [2.24, 2.45) is 4.99 Å². The molecule has 0 spiro atoms. The second-order valence-electron chi connectivity index (χ2n) is 3.52. The summed E-state index contributed by atoms with van der Waals surface area (Å²) in [5.41, 5.74) is 2.86. The zero-order valence-corrected chi connectivity index (χ0v) is 11.1. The topological polar surface area (TPSA) is 25.2 Å². The Morgan fingerprint density at radius 1 is 1.44 bits per heavy atom. The molecule has 16 heavy (non-hydrogen) atoms. The van der Waals surface area contributed by atoms with Crippen LogP contribution in [-0.4, -0.2) is 10.2 Å². The molecule has 0 saturated carbocycles. The average Bonchev–Trinajstić information content (AvgIpc) is 2.28. The summed E-state index contributed by atoms with van der Waals surface area (Å²) in [5, 5.41) is 0.862. The van der Waals surface area contributed by atoms with Crippen LogP contribution < -0.4 is 0 Å². The van der Waals surface area contributed by atoms with Crippen molar-refractivity contribution in [1.29, 1.82) is 0 Å². The van der Waals surface area contributed by atoms with E-state index in [1.165, 1.54) is 0 Å². The van der Waals surface area contributed by atoms with E-state index in [1.807, 2.05) is 26.8 Å². The number of nitrogens with zero attached hydrogens (tertiary/aromatic N) is 2. The Balaban J connectivity index is 3.08. The lowest BCUT2D eigenvalue weighted by molar-refractivity contribution is 1.08. The van der Waals surface area contributed by atoms with E-state index in [1.54, 1.807) is 12.4 Å². The van der Waals surface area contributed by atoms with Gasteiger partial charge in [0.1, 0.15) is 10.3 Å². The lowest BCUT2D eigenvalue weighted by Crippen LogP contribution is -1.96. The van der Waals surface area contributed by atoms with E-state index >= 15 is 0 Å². The molecule has 0 aliphatic heterocycles. The van der Waals surface area contributed by atoms with Crippen LogP contribution in [0.25, 0.3) is 0 Å². The van der Waals surface area contributed by atoms with Gasteiger partial charge in [-0.05, 0) is 37.5 Å². The number of pyridine rings is 1. The molecule has 0 aliphatic rings. The molecular formula is C12H14Cl2N2. The first-order valence-electron chi connectivity index (χ1n) is 5.06. The van der Waals surface area contributed by atoms with Crippen molar-refractivity contribution >= 4 is 28.4 Å². The van der Waals surface area contributed by atoms with Crippen LogP contribution in [0, 0.1) is 6.92 Å². The third-order valence-corrected chi connectivity index (χ3v) is 3.02. The van der Waals surface area contributed by atoms with E-state index < -0.39 is 0 Å². The molecule has 0 radical (unpaired) electrons. The van der Waals surface area contributed by atoms with Gasteiger partial charge in [-0.3, -0.25) is 4.98 Å². The molecule has 0 aliphatic carbocycles. The molecule has 0 unspecified atom stereocenters. The minimum atomic E-state index is 0.401. The van der Waals surface area contributed by atoms with E-state index in [0.717, 1.165) is 23.1 Å². The number of aliphatic imine (C=N–C) groups is 1. The van der Waals surface area contributed by atoms with Crippen LogP contribution in [0.1, 0.15) is 31.4 Å². The molecule has 0 saturated heterocycles. The number of aromatic nitrogens is 1. The summed E-state index contributed by atoms with van der Waals surface area (Å²) in [5.74, 6) is 0. The third kappa shape index (κ3) is 3.32. The van der Waals surface area contributed by atoms with Gasteiger partial charge < -0.3 is 0 Å². The van der Waals surface area contributed by atoms with Crippen LogP contribution in [0.5, 0.6) is 0 Å². The standard InChI is InChI=1S/C12H14Cl2N2/c1-4-8(2)11(13)16-12(14)10-5-6-15-7-9(10)3/h5-7H,4H2,1-3H3/b11-8+,16-12?. The molecule has 0 bridgehead atoms. The average molecular weight is 257 g/mol. The molecule has 1 aromatic rings. The Morgan fingerprint density at radius 2 is 2.12 bits per heavy atom. The summed E-state index contributed by atoms with van der Waals surface area (Å²) in [4.78, 5) is 8.18. The predicted molar refractivity (Wildman–Crippen MR) is 70.2 cm³/mol. The fourth-order valence-electron chi connectivity index (χ4n) is 1.09. The lowest BCUT2D eigenvalue weighted by Gasteiger charge is -2.03. The Morgan fingerprint density at radius 3 is 2.69 bits per heavy atom. The number of allylic oxidation sites excluding steroid dienone is 1. The summed E-state index contributed by atoms with van der Waals surface area (Å²) >= 11 is 12.1. The van der Waals surface area contributed by atoms with Crippen molar-refractivity contribution < 1.29 is 0 Å². The van der Waals surface area contributed by atoms with Crippen LogP contribution in [-0.2, 0) is 0 Å². The quantitative estimate of drug-likeness (QED) is 0.586. The van der Waals surface area contributed by atoms with Gasteiger partial charge >= 0.3 is 0 Å². The molecule has 0 fully saturated rings. The number of aryl methyl sites for hydroxylation is 1. The highest BCUT2D eigenvalue weighted by atomic mass is 35.5. The van der Waals surface area contributed by atoms with E-state index in [4.69, 9.17) is 23.2 Å². The van der Waals surface area contributed by atoms with Crippen molar-refractivity contribution in [3.63, 3.8) is 0 Å². The van der Waals surface area contributed by atoms with Gasteiger partial charge in [0, 0.05) is 18.0 Å². The van der Waals surface area contributed by atoms with Crippen LogP contribution >= 0.6 is 23.2 Å². The summed E-state index contributed by atoms with van der Waals surface area (Å²) < 4.78 is 0. The molecule has 86 valence electrons. The van der Waals surface area contributed by atoms with Crippen molar-refractivity contribution in [2.45, 2.75) is 27.2 Å². The third-order valence-electron chi connectivity index (χ3n) is 2.32. The molecule has 4 heteroatoms. The molecule has 0 amide bonds. The first kappa shape index (κ1) is 13.2. The van der Waals surface area contributed by atoms with E-state index in [9.17, 15) is 0 Å². The van der Waals surface area contributed by atoms with Gasteiger partial charge in [-0.2, -0.15) is 0 Å². The SMILES string of the molecule is CC/C(C)=C(\Cl)N=C(Cl)c1ccncc1C. The van der Waals surface area contributed by atoms with Gasteiger partial charge in [-0.15, -0.1) is 0 Å². The highest BCUT2D eigenvalue weighted by Crippen LogP contribution is 2.18. The summed E-state index contributed by atoms with van der Waals surface area (Å²) in [6.45, 7) is 5.90. The monoisotopic (exact) mass is 256 g/mol. The Labute approximate surface area is 106 Å². The second-order valence-corrected chi connectivity index (χ2v) is 4.23. The highest BCUT2D eigenvalue weighted by Gasteiger charge is 2.05. The van der Waals surface area contributed by atoms with Gasteiger partial charge in [0.25, 0.3) is 0 Å². The number of rotatable bonds is 3. The number of hydrogen-bond acceptors (Lipinski definition) is 2. The van der Waals surface area contributed by atoms with Crippen LogP contribution in [0.4, 0.5) is 0 Å².